The largest absolute Gasteiger partial charge is 0.368 e. The lowest BCUT2D eigenvalue weighted by molar-refractivity contribution is -0.124. The summed E-state index contributed by atoms with van der Waals surface area (Å²) < 4.78 is 0. The molecule has 118 valence electrons. The van der Waals surface area contributed by atoms with Gasteiger partial charge in [0.25, 0.3) is 0 Å². The lowest BCUT2D eigenvalue weighted by Gasteiger charge is -2.29. The minimum Gasteiger partial charge on any atom is -0.368 e. The molecule has 0 saturated heterocycles. The molecule has 21 heavy (non-hydrogen) atoms. The lowest BCUT2D eigenvalue weighted by Crippen LogP contribution is -2.55. The van der Waals surface area contributed by atoms with E-state index in [1.165, 1.54) is 10.5 Å². The van der Waals surface area contributed by atoms with E-state index in [0.717, 1.165) is 12.2 Å². The van der Waals surface area contributed by atoms with Crippen molar-refractivity contribution in [1.29, 1.82) is 0 Å². The number of nitrogens with two attached hydrogens (primary N) is 1. The zero-order valence-electron chi connectivity index (χ0n) is 13.8. The van der Waals surface area contributed by atoms with Gasteiger partial charge in [0, 0.05) is 16.7 Å². The molecule has 0 aliphatic rings. The van der Waals surface area contributed by atoms with Gasteiger partial charge in [-0.1, -0.05) is 26.0 Å². The fraction of sp³-hybridized carbons (Fsp3) is 0.588. The molecule has 3 N–H and O–H groups in total. The summed E-state index contributed by atoms with van der Waals surface area (Å²) in [4.78, 5) is 12.9. The van der Waals surface area contributed by atoms with Crippen LogP contribution >= 0.6 is 11.8 Å². The molecular weight excluding hydrogens is 280 g/mol. The number of hydrogen-bond donors (Lipinski definition) is 2. The summed E-state index contributed by atoms with van der Waals surface area (Å²) in [6.07, 6.45) is 0.719. The van der Waals surface area contributed by atoms with E-state index in [4.69, 9.17) is 5.73 Å². The van der Waals surface area contributed by atoms with Gasteiger partial charge in [0.05, 0.1) is 5.54 Å². The van der Waals surface area contributed by atoms with Crippen molar-refractivity contribution in [3.63, 3.8) is 0 Å². The summed E-state index contributed by atoms with van der Waals surface area (Å²) in [6, 6.07) is 8.88. The van der Waals surface area contributed by atoms with E-state index in [9.17, 15) is 4.79 Å². The van der Waals surface area contributed by atoms with Crippen LogP contribution in [0.2, 0.25) is 0 Å². The van der Waals surface area contributed by atoms with Gasteiger partial charge < -0.3 is 11.1 Å². The van der Waals surface area contributed by atoms with Crippen molar-refractivity contribution in [2.45, 2.75) is 63.4 Å². The maximum atomic E-state index is 11.7. The van der Waals surface area contributed by atoms with E-state index in [1.807, 2.05) is 20.8 Å². The van der Waals surface area contributed by atoms with Crippen molar-refractivity contribution in [1.82, 2.24) is 5.32 Å². The third-order valence-corrected chi connectivity index (χ3v) is 4.58. The second-order valence-corrected chi connectivity index (χ2v) is 7.49. The molecule has 0 aliphatic heterocycles. The molecule has 3 nitrogen and oxygen atoms in total. The van der Waals surface area contributed by atoms with Crippen molar-refractivity contribution < 1.29 is 4.79 Å². The summed E-state index contributed by atoms with van der Waals surface area (Å²) in [5.74, 6) is 1.13. The van der Waals surface area contributed by atoms with Gasteiger partial charge in [-0.15, -0.1) is 11.8 Å². The number of rotatable bonds is 8. The quantitative estimate of drug-likeness (QED) is 0.722. The molecule has 0 aliphatic carbocycles. The summed E-state index contributed by atoms with van der Waals surface area (Å²) in [7, 11) is 0. The highest BCUT2D eigenvalue weighted by molar-refractivity contribution is 7.99. The average molecular weight is 308 g/mol. The Kier molecular flexibility index (Phi) is 6.75. The molecule has 0 saturated carbocycles. The van der Waals surface area contributed by atoms with Crippen molar-refractivity contribution in [2.75, 3.05) is 5.75 Å². The Balaban J connectivity index is 2.56. The van der Waals surface area contributed by atoms with E-state index in [0.29, 0.717) is 5.92 Å². The van der Waals surface area contributed by atoms with Gasteiger partial charge in [0.1, 0.15) is 0 Å². The molecular formula is C17H28N2OS. The summed E-state index contributed by atoms with van der Waals surface area (Å²) in [5, 5.41) is 3.28. The topological polar surface area (TPSA) is 55.1 Å². The first kappa shape index (κ1) is 18.1. The second-order valence-electron chi connectivity index (χ2n) is 6.32. The standard InChI is InChI=1S/C17H28N2OS/c1-12(2)14-6-8-15(9-7-14)21-11-10-17(5,16(18)20)19-13(3)4/h6-9,12-13,19H,10-11H2,1-5H3,(H2,18,20). The molecule has 0 heterocycles. The van der Waals surface area contributed by atoms with Crippen molar-refractivity contribution >= 4 is 17.7 Å². The molecule has 0 radical (unpaired) electrons. The summed E-state index contributed by atoms with van der Waals surface area (Å²) in [5.41, 5.74) is 6.25. The molecule has 0 fully saturated rings. The Morgan fingerprint density at radius 2 is 1.81 bits per heavy atom. The second kappa shape index (κ2) is 7.85. The van der Waals surface area contributed by atoms with Crippen molar-refractivity contribution in [3.8, 4) is 0 Å². The highest BCUT2D eigenvalue weighted by Crippen LogP contribution is 2.24. The predicted octanol–water partition coefficient (Wildman–Crippen LogP) is 3.53. The van der Waals surface area contributed by atoms with Crippen molar-refractivity contribution in [3.05, 3.63) is 29.8 Å². The highest BCUT2D eigenvalue weighted by atomic mass is 32.2. The summed E-state index contributed by atoms with van der Waals surface area (Å²) >= 11 is 1.76. The number of primary amides is 1. The van der Waals surface area contributed by atoms with Crippen LogP contribution in [0.1, 0.15) is 52.5 Å². The van der Waals surface area contributed by atoms with Crippen molar-refractivity contribution in [2.24, 2.45) is 5.73 Å². The first-order valence-corrected chi connectivity index (χ1v) is 8.53. The number of amides is 1. The number of benzene rings is 1. The van der Waals surface area contributed by atoms with Crippen LogP contribution in [0.3, 0.4) is 0 Å². The van der Waals surface area contributed by atoms with Gasteiger partial charge in [-0.3, -0.25) is 4.79 Å². The number of carbonyl (C=O) groups is 1. The fourth-order valence-corrected chi connectivity index (χ4v) is 3.30. The maximum Gasteiger partial charge on any atom is 0.237 e. The van der Waals surface area contributed by atoms with Crippen LogP contribution in [0.5, 0.6) is 0 Å². The van der Waals surface area contributed by atoms with E-state index in [-0.39, 0.29) is 11.9 Å². The Bertz CT molecular complexity index is 456. The van der Waals surface area contributed by atoms with E-state index in [1.54, 1.807) is 11.8 Å². The third kappa shape index (κ3) is 5.71. The SMILES string of the molecule is CC(C)NC(C)(CCSc1ccc(C(C)C)cc1)C(N)=O. The minimum atomic E-state index is -0.640. The molecule has 1 amide bonds. The Labute approximate surface area is 133 Å². The smallest absolute Gasteiger partial charge is 0.237 e. The van der Waals surface area contributed by atoms with E-state index >= 15 is 0 Å². The van der Waals surface area contributed by atoms with Gasteiger partial charge >= 0.3 is 0 Å². The first-order chi connectivity index (χ1) is 9.74. The third-order valence-electron chi connectivity index (χ3n) is 3.57. The Morgan fingerprint density at radius 1 is 1.24 bits per heavy atom. The number of carbonyl (C=O) groups excluding carboxylic acids is 1. The highest BCUT2D eigenvalue weighted by Gasteiger charge is 2.30. The Morgan fingerprint density at radius 3 is 2.24 bits per heavy atom. The van der Waals surface area contributed by atoms with Gasteiger partial charge in [0.15, 0.2) is 0 Å². The van der Waals surface area contributed by atoms with Crippen LogP contribution in [-0.2, 0) is 4.79 Å². The predicted molar refractivity (Wildman–Crippen MR) is 91.7 cm³/mol. The summed E-state index contributed by atoms with van der Waals surface area (Å²) in [6.45, 7) is 10.3. The van der Waals surface area contributed by atoms with Crippen LogP contribution in [0.25, 0.3) is 0 Å². The number of nitrogens with one attached hydrogen (secondary N) is 1. The van der Waals surface area contributed by atoms with Gasteiger partial charge in [0.2, 0.25) is 5.91 Å². The molecule has 1 aromatic carbocycles. The molecule has 0 bridgehead atoms. The molecule has 1 aromatic rings. The molecule has 0 aromatic heterocycles. The molecule has 0 spiro atoms. The number of hydrogen-bond acceptors (Lipinski definition) is 3. The van der Waals surface area contributed by atoms with Crippen LogP contribution in [-0.4, -0.2) is 23.2 Å². The molecule has 1 unspecified atom stereocenters. The molecule has 1 rings (SSSR count). The number of thioether (sulfide) groups is 1. The van der Waals surface area contributed by atoms with Crippen LogP contribution in [0.4, 0.5) is 0 Å². The maximum absolute atomic E-state index is 11.7. The normalized spacial score (nSPS) is 14.4. The Hall–Kier alpha value is -1.00. The van der Waals surface area contributed by atoms with Crippen LogP contribution < -0.4 is 11.1 Å². The monoisotopic (exact) mass is 308 g/mol. The zero-order valence-corrected chi connectivity index (χ0v) is 14.6. The lowest BCUT2D eigenvalue weighted by atomic mass is 9.97. The first-order valence-electron chi connectivity index (χ1n) is 7.55. The van der Waals surface area contributed by atoms with Gasteiger partial charge in [-0.25, -0.2) is 0 Å². The van der Waals surface area contributed by atoms with E-state index < -0.39 is 5.54 Å². The average Bonchev–Trinajstić information content (AvgIpc) is 2.38. The van der Waals surface area contributed by atoms with Crippen LogP contribution in [0, 0.1) is 0 Å². The molecule has 1 atom stereocenters. The molecule has 4 heteroatoms. The van der Waals surface area contributed by atoms with E-state index in [2.05, 4.69) is 43.4 Å². The minimum absolute atomic E-state index is 0.234. The van der Waals surface area contributed by atoms with Crippen LogP contribution in [0.15, 0.2) is 29.2 Å². The van der Waals surface area contributed by atoms with Gasteiger partial charge in [-0.05, 0) is 50.8 Å². The van der Waals surface area contributed by atoms with Gasteiger partial charge in [-0.2, -0.15) is 0 Å². The zero-order chi connectivity index (χ0) is 16.0. The fourth-order valence-electron chi connectivity index (χ4n) is 2.23.